The Kier molecular flexibility index (Phi) is 1.74. The number of benzene rings is 3. The van der Waals surface area contributed by atoms with Crippen LogP contribution < -0.4 is 5.11 Å². The molecule has 1 N–H and O–H groups in total. The lowest BCUT2D eigenvalue weighted by molar-refractivity contribution is -0.322. The topological polar surface area (TPSA) is 60.4 Å². The maximum absolute atomic E-state index is 11.5. The van der Waals surface area contributed by atoms with E-state index < -0.39 is 11.6 Å². The number of aliphatic carboxylic acids is 1. The van der Waals surface area contributed by atoms with E-state index in [2.05, 4.69) is 0 Å². The summed E-state index contributed by atoms with van der Waals surface area (Å²) >= 11 is 0. The second-order valence-electron chi connectivity index (χ2n) is 4.87. The number of carbonyl (C=O) groups is 1. The molecule has 3 heteroatoms. The Bertz CT molecular complexity index is 802. The van der Waals surface area contributed by atoms with Crippen LogP contribution in [0.5, 0.6) is 0 Å². The Labute approximate surface area is 108 Å². The number of hydrogen-bond donors (Lipinski definition) is 1. The van der Waals surface area contributed by atoms with E-state index in [0.717, 1.165) is 21.5 Å². The summed E-state index contributed by atoms with van der Waals surface area (Å²) in [6, 6.07) is 14.5. The van der Waals surface area contributed by atoms with Crippen LogP contribution >= 0.6 is 0 Å². The number of rotatable bonds is 1. The van der Waals surface area contributed by atoms with Gasteiger partial charge in [-0.25, -0.2) is 0 Å². The monoisotopic (exact) mass is 249 g/mol. The average molecular weight is 249 g/mol. The summed E-state index contributed by atoms with van der Waals surface area (Å²) in [7, 11) is 0. The molecular weight excluding hydrogens is 240 g/mol. The molecule has 0 unspecified atom stereocenters. The predicted molar refractivity (Wildman–Crippen MR) is 69.5 cm³/mol. The van der Waals surface area contributed by atoms with Gasteiger partial charge in [0.2, 0.25) is 0 Å². The highest BCUT2D eigenvalue weighted by molar-refractivity contribution is 6.17. The maximum Gasteiger partial charge on any atom is 0.155 e. The van der Waals surface area contributed by atoms with Gasteiger partial charge in [-0.1, -0.05) is 48.5 Å². The van der Waals surface area contributed by atoms with Gasteiger partial charge in [-0.15, -0.1) is 0 Å². The molecule has 1 aliphatic carbocycles. The Morgan fingerprint density at radius 1 is 0.895 bits per heavy atom. The van der Waals surface area contributed by atoms with Crippen LogP contribution in [-0.4, -0.2) is 11.1 Å². The maximum atomic E-state index is 11.5. The molecule has 0 aliphatic heterocycles. The van der Waals surface area contributed by atoms with Crippen molar-refractivity contribution in [1.29, 1.82) is 0 Å². The largest absolute Gasteiger partial charge is 0.546 e. The van der Waals surface area contributed by atoms with E-state index in [0.29, 0.717) is 11.1 Å². The minimum absolute atomic E-state index is 0.400. The number of carboxylic acids is 1. The summed E-state index contributed by atoms with van der Waals surface area (Å²) in [6.45, 7) is 0. The number of hydrogen-bond acceptors (Lipinski definition) is 3. The summed E-state index contributed by atoms with van der Waals surface area (Å²) in [6.07, 6.45) is 0. The second-order valence-corrected chi connectivity index (χ2v) is 4.87. The summed E-state index contributed by atoms with van der Waals surface area (Å²) in [5.41, 5.74) is -1.25. The van der Waals surface area contributed by atoms with Crippen molar-refractivity contribution in [2.24, 2.45) is 0 Å². The number of carbonyl (C=O) groups excluding carboxylic acids is 1. The molecule has 19 heavy (non-hydrogen) atoms. The Balaban J connectivity index is 2.36. The second kappa shape index (κ2) is 3.13. The summed E-state index contributed by atoms with van der Waals surface area (Å²) in [5, 5.41) is 25.6. The summed E-state index contributed by atoms with van der Waals surface area (Å²) < 4.78 is 0. The highest BCUT2D eigenvalue weighted by Crippen LogP contribution is 2.47. The highest BCUT2D eigenvalue weighted by Gasteiger charge is 2.41. The number of aliphatic hydroxyl groups is 1. The van der Waals surface area contributed by atoms with Crippen LogP contribution in [0.2, 0.25) is 0 Å². The molecule has 0 fully saturated rings. The van der Waals surface area contributed by atoms with Crippen molar-refractivity contribution in [3.05, 3.63) is 59.7 Å². The first kappa shape index (κ1) is 10.5. The lowest BCUT2D eigenvalue weighted by atomic mass is 9.91. The molecule has 0 spiro atoms. The van der Waals surface area contributed by atoms with Crippen LogP contribution in [0, 0.1) is 0 Å². The molecule has 3 aromatic carbocycles. The van der Waals surface area contributed by atoms with Gasteiger partial charge in [0.25, 0.3) is 0 Å². The molecule has 3 aromatic rings. The molecule has 0 bridgehead atoms. The van der Waals surface area contributed by atoms with Crippen LogP contribution in [0.3, 0.4) is 0 Å². The fourth-order valence-electron chi connectivity index (χ4n) is 3.12. The smallest absolute Gasteiger partial charge is 0.155 e. The van der Waals surface area contributed by atoms with Gasteiger partial charge in [0, 0.05) is 11.1 Å². The lowest BCUT2D eigenvalue weighted by Crippen LogP contribution is -2.45. The minimum atomic E-state index is -2.05. The molecule has 3 nitrogen and oxygen atoms in total. The van der Waals surface area contributed by atoms with E-state index in [1.54, 1.807) is 24.3 Å². The standard InChI is InChI=1S/C16H10O3/c17-15(18)16(19)11-5-1-3-9-7-8-10-4-2-6-12(16)14(10)13(9)11/h1-8,19H,(H,17,18)/p-1. The van der Waals surface area contributed by atoms with Crippen molar-refractivity contribution in [2.45, 2.75) is 5.60 Å². The van der Waals surface area contributed by atoms with E-state index in [-0.39, 0.29) is 0 Å². The molecule has 0 heterocycles. The van der Waals surface area contributed by atoms with E-state index in [1.165, 1.54) is 0 Å². The average Bonchev–Trinajstić information content (AvgIpc) is 2.70. The quantitative estimate of drug-likeness (QED) is 0.661. The zero-order chi connectivity index (χ0) is 13.2. The van der Waals surface area contributed by atoms with E-state index in [4.69, 9.17) is 0 Å². The molecular formula is C16H9O3-. The Morgan fingerprint density at radius 2 is 1.37 bits per heavy atom. The fourth-order valence-corrected chi connectivity index (χ4v) is 3.12. The Morgan fingerprint density at radius 3 is 1.79 bits per heavy atom. The normalized spacial score (nSPS) is 15.4. The zero-order valence-electron chi connectivity index (χ0n) is 9.88. The lowest BCUT2D eigenvalue weighted by Gasteiger charge is -2.27. The van der Waals surface area contributed by atoms with Crippen LogP contribution in [-0.2, 0) is 10.4 Å². The molecule has 92 valence electrons. The van der Waals surface area contributed by atoms with E-state index in [1.807, 2.05) is 24.3 Å². The molecule has 0 radical (unpaired) electrons. The van der Waals surface area contributed by atoms with Gasteiger partial charge in [0.1, 0.15) is 0 Å². The zero-order valence-corrected chi connectivity index (χ0v) is 9.88. The first-order valence-corrected chi connectivity index (χ1v) is 6.03. The van der Waals surface area contributed by atoms with Crippen molar-refractivity contribution in [1.82, 2.24) is 0 Å². The van der Waals surface area contributed by atoms with E-state index in [9.17, 15) is 15.0 Å². The van der Waals surface area contributed by atoms with Crippen LogP contribution in [0.15, 0.2) is 48.5 Å². The first-order valence-electron chi connectivity index (χ1n) is 6.03. The van der Waals surface area contributed by atoms with Crippen LogP contribution in [0.25, 0.3) is 21.5 Å². The van der Waals surface area contributed by atoms with Crippen LogP contribution in [0.1, 0.15) is 11.1 Å². The summed E-state index contributed by atoms with van der Waals surface area (Å²) in [4.78, 5) is 11.5. The van der Waals surface area contributed by atoms with Crippen molar-refractivity contribution in [3.63, 3.8) is 0 Å². The molecule has 1 aliphatic rings. The first-order chi connectivity index (χ1) is 9.14. The van der Waals surface area contributed by atoms with Gasteiger partial charge >= 0.3 is 0 Å². The molecule has 0 saturated heterocycles. The molecule has 0 amide bonds. The fraction of sp³-hybridized carbons (Fsp3) is 0.0625. The van der Waals surface area contributed by atoms with Crippen molar-refractivity contribution < 1.29 is 15.0 Å². The van der Waals surface area contributed by atoms with Gasteiger partial charge in [-0.05, 0) is 21.5 Å². The number of carboxylic acid groups (broad SMARTS) is 1. The highest BCUT2D eigenvalue weighted by atomic mass is 16.4. The van der Waals surface area contributed by atoms with Crippen molar-refractivity contribution >= 4 is 27.5 Å². The Hall–Kier alpha value is -2.39. The third-order valence-corrected chi connectivity index (χ3v) is 3.96. The third kappa shape index (κ3) is 1.04. The SMILES string of the molecule is O=C([O-])C1(O)c2cccc3ccc4cccc1c4c23. The molecule has 0 saturated carbocycles. The predicted octanol–water partition coefficient (Wildman–Crippen LogP) is 1.29. The molecule has 4 rings (SSSR count). The van der Waals surface area contributed by atoms with Crippen LogP contribution in [0.4, 0.5) is 0 Å². The molecule has 0 aromatic heterocycles. The van der Waals surface area contributed by atoms with Crippen molar-refractivity contribution in [3.8, 4) is 0 Å². The van der Waals surface area contributed by atoms with Gasteiger partial charge in [-0.3, -0.25) is 0 Å². The van der Waals surface area contributed by atoms with Gasteiger partial charge in [0.05, 0.1) is 5.97 Å². The van der Waals surface area contributed by atoms with Gasteiger partial charge in [-0.2, -0.15) is 0 Å². The van der Waals surface area contributed by atoms with Gasteiger partial charge < -0.3 is 15.0 Å². The molecule has 0 atom stereocenters. The van der Waals surface area contributed by atoms with E-state index >= 15 is 0 Å². The minimum Gasteiger partial charge on any atom is -0.546 e. The summed E-state index contributed by atoms with van der Waals surface area (Å²) in [5.74, 6) is -1.48. The van der Waals surface area contributed by atoms with Gasteiger partial charge in [0.15, 0.2) is 5.60 Å². The van der Waals surface area contributed by atoms with Crippen molar-refractivity contribution in [2.75, 3.05) is 0 Å². The third-order valence-electron chi connectivity index (χ3n) is 3.96.